The Hall–Kier alpha value is -3.00. The van der Waals surface area contributed by atoms with Crippen LogP contribution in [0, 0.1) is 5.82 Å². The highest BCUT2D eigenvalue weighted by Crippen LogP contribution is 2.41. The molecule has 5 rings (SSSR count). The third kappa shape index (κ3) is 3.99. The first-order valence-electron chi connectivity index (χ1n) is 10.1. The van der Waals surface area contributed by atoms with E-state index in [1.54, 1.807) is 12.1 Å². The van der Waals surface area contributed by atoms with Crippen LogP contribution in [0.4, 0.5) is 10.1 Å². The number of fused-ring (bicyclic) bond motifs is 1. The number of carbonyl (C=O) groups is 1. The molecule has 1 saturated heterocycles. The van der Waals surface area contributed by atoms with E-state index in [4.69, 9.17) is 9.15 Å². The Bertz CT molecular complexity index is 1200. The normalized spacial score (nSPS) is 15.8. The van der Waals surface area contributed by atoms with E-state index in [-0.39, 0.29) is 17.8 Å². The molecule has 2 aromatic heterocycles. The molecular weight excluding hydrogens is 415 g/mol. The molecular formula is C24H21FN2O3S. The van der Waals surface area contributed by atoms with Gasteiger partial charge in [-0.2, -0.15) is 0 Å². The van der Waals surface area contributed by atoms with Gasteiger partial charge in [-0.1, -0.05) is 30.3 Å². The molecule has 7 heteroatoms. The summed E-state index contributed by atoms with van der Waals surface area (Å²) in [5.41, 5.74) is 2.07. The predicted molar refractivity (Wildman–Crippen MR) is 119 cm³/mol. The van der Waals surface area contributed by atoms with Gasteiger partial charge in [-0.25, -0.2) is 4.39 Å². The number of para-hydroxylation sites is 1. The molecule has 2 aromatic carbocycles. The summed E-state index contributed by atoms with van der Waals surface area (Å²) < 4.78 is 26.0. The van der Waals surface area contributed by atoms with Crippen LogP contribution in [0.2, 0.25) is 0 Å². The molecule has 1 aliphatic heterocycles. The molecule has 0 unspecified atom stereocenters. The van der Waals surface area contributed by atoms with E-state index in [0.29, 0.717) is 48.2 Å². The van der Waals surface area contributed by atoms with Crippen molar-refractivity contribution in [2.24, 2.45) is 0 Å². The molecule has 0 radical (unpaired) electrons. The van der Waals surface area contributed by atoms with Gasteiger partial charge >= 0.3 is 0 Å². The summed E-state index contributed by atoms with van der Waals surface area (Å²) in [4.78, 5) is 15.7. The minimum atomic E-state index is -0.356. The quantitative estimate of drug-likeness (QED) is 0.461. The topological polar surface area (TPSA) is 54.7 Å². The maximum absolute atomic E-state index is 14.2. The van der Waals surface area contributed by atoms with Crippen LogP contribution in [0.15, 0.2) is 70.5 Å². The van der Waals surface area contributed by atoms with Crippen molar-refractivity contribution in [1.82, 2.24) is 4.90 Å². The molecule has 3 heterocycles. The summed E-state index contributed by atoms with van der Waals surface area (Å²) in [6.07, 6.45) is 0. The molecule has 0 saturated carbocycles. The lowest BCUT2D eigenvalue weighted by atomic mass is 10.00. The fourth-order valence-electron chi connectivity index (χ4n) is 4.01. The van der Waals surface area contributed by atoms with E-state index in [1.165, 1.54) is 23.5 Å². The number of morpholine rings is 1. The second kappa shape index (κ2) is 8.63. The van der Waals surface area contributed by atoms with Gasteiger partial charge in [0.05, 0.1) is 29.8 Å². The van der Waals surface area contributed by atoms with Crippen LogP contribution < -0.4 is 5.32 Å². The Morgan fingerprint density at radius 3 is 2.68 bits per heavy atom. The van der Waals surface area contributed by atoms with Crippen LogP contribution in [0.25, 0.3) is 11.0 Å². The second-order valence-electron chi connectivity index (χ2n) is 7.37. The number of hydrogen-bond acceptors (Lipinski definition) is 5. The summed E-state index contributed by atoms with van der Waals surface area (Å²) in [5, 5.41) is 5.75. The van der Waals surface area contributed by atoms with Crippen LogP contribution in [0.3, 0.4) is 0 Å². The molecule has 0 spiro atoms. The van der Waals surface area contributed by atoms with E-state index < -0.39 is 0 Å². The summed E-state index contributed by atoms with van der Waals surface area (Å²) in [5.74, 6) is 0.0948. The Morgan fingerprint density at radius 1 is 1.06 bits per heavy atom. The van der Waals surface area contributed by atoms with Crippen molar-refractivity contribution in [2.75, 3.05) is 31.6 Å². The number of amides is 1. The predicted octanol–water partition coefficient (Wildman–Crippen LogP) is 5.31. The zero-order valence-electron chi connectivity index (χ0n) is 16.7. The van der Waals surface area contributed by atoms with E-state index in [0.717, 1.165) is 10.9 Å². The summed E-state index contributed by atoms with van der Waals surface area (Å²) in [7, 11) is 0. The third-order valence-corrected chi connectivity index (χ3v) is 6.30. The first-order valence-corrected chi connectivity index (χ1v) is 11.0. The number of furan rings is 1. The molecule has 0 aliphatic carbocycles. The molecule has 0 bridgehead atoms. The molecule has 158 valence electrons. The fraction of sp³-hybridized carbons (Fsp3) is 0.208. The van der Waals surface area contributed by atoms with Crippen molar-refractivity contribution < 1.29 is 18.3 Å². The number of halogens is 1. The molecule has 5 nitrogen and oxygen atoms in total. The fourth-order valence-corrected chi connectivity index (χ4v) is 4.63. The lowest BCUT2D eigenvalue weighted by Crippen LogP contribution is -2.39. The smallest absolute Gasteiger partial charge is 0.265 e. The molecule has 4 aromatic rings. The summed E-state index contributed by atoms with van der Waals surface area (Å²) in [6.45, 7) is 2.53. The highest BCUT2D eigenvalue weighted by atomic mass is 32.1. The Labute approximate surface area is 183 Å². The minimum Gasteiger partial charge on any atom is -0.457 e. The average molecular weight is 437 g/mol. The second-order valence-corrected chi connectivity index (χ2v) is 8.32. The average Bonchev–Trinajstić information content (AvgIpc) is 3.44. The van der Waals surface area contributed by atoms with Gasteiger partial charge in [-0.05, 0) is 41.3 Å². The standard InChI is InChI=1S/C24H21FN2O3S/c25-17-6-3-5-16(15-17)22(27-10-12-29-13-11-27)23-21(18-7-1-2-8-19(18)30-23)26-24(28)20-9-4-14-31-20/h1-9,14-15,22H,10-13H2,(H,26,28)/t22-/m0/s1. The molecule has 1 amide bonds. The van der Waals surface area contributed by atoms with Gasteiger partial charge in [-0.3, -0.25) is 9.69 Å². The number of hydrogen-bond donors (Lipinski definition) is 1. The van der Waals surface area contributed by atoms with Crippen LogP contribution >= 0.6 is 11.3 Å². The van der Waals surface area contributed by atoms with E-state index >= 15 is 0 Å². The van der Waals surface area contributed by atoms with Gasteiger partial charge in [0.1, 0.15) is 17.2 Å². The number of anilines is 1. The van der Waals surface area contributed by atoms with Crippen molar-refractivity contribution in [3.63, 3.8) is 0 Å². The minimum absolute atomic E-state index is 0.192. The van der Waals surface area contributed by atoms with Crippen molar-refractivity contribution in [3.05, 3.63) is 88.1 Å². The maximum atomic E-state index is 14.2. The number of rotatable bonds is 5. The van der Waals surface area contributed by atoms with Crippen LogP contribution in [-0.2, 0) is 4.74 Å². The highest BCUT2D eigenvalue weighted by Gasteiger charge is 2.31. The van der Waals surface area contributed by atoms with E-state index in [2.05, 4.69) is 10.2 Å². The zero-order valence-corrected chi connectivity index (χ0v) is 17.5. The van der Waals surface area contributed by atoms with Gasteiger partial charge in [0.2, 0.25) is 0 Å². The number of nitrogens with zero attached hydrogens (tertiary/aromatic N) is 1. The lowest BCUT2D eigenvalue weighted by Gasteiger charge is -2.34. The maximum Gasteiger partial charge on any atom is 0.265 e. The van der Waals surface area contributed by atoms with Crippen molar-refractivity contribution in [3.8, 4) is 0 Å². The van der Waals surface area contributed by atoms with E-state index in [1.807, 2.05) is 41.8 Å². The largest absolute Gasteiger partial charge is 0.457 e. The van der Waals surface area contributed by atoms with Gasteiger partial charge in [0.25, 0.3) is 5.91 Å². The number of carbonyl (C=O) groups excluding carboxylic acids is 1. The lowest BCUT2D eigenvalue weighted by molar-refractivity contribution is 0.0205. The van der Waals surface area contributed by atoms with Gasteiger partial charge < -0.3 is 14.5 Å². The van der Waals surface area contributed by atoms with Gasteiger partial charge in [-0.15, -0.1) is 11.3 Å². The Kier molecular flexibility index (Phi) is 5.55. The van der Waals surface area contributed by atoms with Crippen LogP contribution in [-0.4, -0.2) is 37.1 Å². The highest BCUT2D eigenvalue weighted by molar-refractivity contribution is 7.12. The number of nitrogens with one attached hydrogen (secondary N) is 1. The van der Waals surface area contributed by atoms with Crippen LogP contribution in [0.1, 0.15) is 27.0 Å². The number of thiophene rings is 1. The SMILES string of the molecule is O=C(Nc1c([C@H](c2cccc(F)c2)N2CCOCC2)oc2ccccc12)c1cccs1. The van der Waals surface area contributed by atoms with Gasteiger partial charge in [0.15, 0.2) is 0 Å². The monoisotopic (exact) mass is 436 g/mol. The van der Waals surface area contributed by atoms with Crippen LogP contribution in [0.5, 0.6) is 0 Å². The summed E-state index contributed by atoms with van der Waals surface area (Å²) in [6, 6.07) is 17.4. The van der Waals surface area contributed by atoms with Crippen molar-refractivity contribution in [1.29, 1.82) is 0 Å². The first kappa shape index (κ1) is 19.9. The number of benzene rings is 2. The van der Waals surface area contributed by atoms with Gasteiger partial charge in [0, 0.05) is 18.5 Å². The Balaban J connectivity index is 1.65. The first-order chi connectivity index (χ1) is 15.2. The summed E-state index contributed by atoms with van der Waals surface area (Å²) >= 11 is 1.38. The zero-order chi connectivity index (χ0) is 21.2. The molecule has 1 fully saturated rings. The van der Waals surface area contributed by atoms with E-state index in [9.17, 15) is 9.18 Å². The van der Waals surface area contributed by atoms with Crippen molar-refractivity contribution >= 4 is 33.9 Å². The molecule has 1 aliphatic rings. The molecule has 1 N–H and O–H groups in total. The Morgan fingerprint density at radius 2 is 1.90 bits per heavy atom. The number of ether oxygens (including phenoxy) is 1. The molecule has 1 atom stereocenters. The van der Waals surface area contributed by atoms with Crippen molar-refractivity contribution in [2.45, 2.75) is 6.04 Å². The molecule has 31 heavy (non-hydrogen) atoms. The third-order valence-electron chi connectivity index (χ3n) is 5.43.